The number of carbonyl (C=O) groups excluding carboxylic acids is 5. The number of aryl methyl sites for hydroxylation is 1. The lowest BCUT2D eigenvalue weighted by atomic mass is 9.64. The van der Waals surface area contributed by atoms with Crippen LogP contribution in [0.4, 0.5) is 0 Å². The molecule has 0 radical (unpaired) electrons. The molecule has 0 spiro atoms. The van der Waals surface area contributed by atoms with Gasteiger partial charge in [-0.1, -0.05) is 56.6 Å². The van der Waals surface area contributed by atoms with Crippen molar-refractivity contribution in [2.75, 3.05) is 19.8 Å². The summed E-state index contributed by atoms with van der Waals surface area (Å²) in [7, 11) is 0. The molecular formula is C37H56BN7O7. The van der Waals surface area contributed by atoms with E-state index in [1.807, 2.05) is 12.1 Å². The normalized spacial score (nSPS) is 19.7. The largest absolute Gasteiger partial charge is 0.449 e. The van der Waals surface area contributed by atoms with Crippen molar-refractivity contribution in [3.63, 3.8) is 0 Å². The van der Waals surface area contributed by atoms with E-state index >= 15 is 0 Å². The summed E-state index contributed by atoms with van der Waals surface area (Å²) in [6.07, 6.45) is 4.47. The first-order chi connectivity index (χ1) is 24.9. The lowest BCUT2D eigenvalue weighted by Crippen LogP contribution is -2.61. The van der Waals surface area contributed by atoms with Gasteiger partial charge in [-0.05, 0) is 93.7 Å². The van der Waals surface area contributed by atoms with E-state index in [9.17, 15) is 29.0 Å². The van der Waals surface area contributed by atoms with Crippen LogP contribution in [0.15, 0.2) is 48.5 Å². The van der Waals surface area contributed by atoms with E-state index in [0.717, 1.165) is 30.4 Å². The van der Waals surface area contributed by atoms with E-state index in [0.29, 0.717) is 37.8 Å². The van der Waals surface area contributed by atoms with Crippen molar-refractivity contribution in [1.29, 1.82) is 0 Å². The number of hydrogen-bond acceptors (Lipinski definition) is 9. The Kier molecular flexibility index (Phi) is 17.8. The Morgan fingerprint density at radius 1 is 0.962 bits per heavy atom. The van der Waals surface area contributed by atoms with Gasteiger partial charge >= 0.3 is 6.92 Å². The number of carbonyl (C=O) groups is 5. The van der Waals surface area contributed by atoms with Crippen LogP contribution in [0, 0.1) is 0 Å². The molecular weight excluding hydrogens is 665 g/mol. The Hall–Kier alpha value is -4.31. The van der Waals surface area contributed by atoms with Crippen LogP contribution in [-0.4, -0.2) is 91.5 Å². The maximum Gasteiger partial charge on any atom is 0.308 e. The highest BCUT2D eigenvalue weighted by Gasteiger charge is 2.31. The lowest BCUT2D eigenvalue weighted by Gasteiger charge is -2.25. The number of unbranched alkanes of at least 4 members (excludes halogenated alkanes) is 2. The van der Waals surface area contributed by atoms with E-state index in [2.05, 4.69) is 57.8 Å². The molecule has 5 amide bonds. The van der Waals surface area contributed by atoms with Gasteiger partial charge < -0.3 is 47.8 Å². The molecule has 15 heteroatoms. The standard InChI is InChI=1S/C37H56BN7O7/c1-4-5-10-25-13-15-26(16-14-25)27-17-19-28(20-18-27)33(46)42-30(11-6-8-21-39)35(48)44-31-23-52-22-9-7-12-29(34(47)41-24(2)38(3)51)43-37(50)32(40)45-36(31)49/h13-20,24,29-32,51H,4-12,21-23,39-40H2,1-3H3,(H,41,47)(H,42,46)(H,43,50)(H,44,48)(H,45,49)/t24-,29-,30-,31-,32+/m0/s1. The van der Waals surface area contributed by atoms with Crippen LogP contribution >= 0.6 is 0 Å². The minimum atomic E-state index is -1.54. The van der Waals surface area contributed by atoms with Gasteiger partial charge in [-0.25, -0.2) is 0 Å². The first-order valence-electron chi connectivity index (χ1n) is 18.4. The Morgan fingerprint density at radius 2 is 1.63 bits per heavy atom. The number of ether oxygens (including phenoxy) is 1. The molecule has 2 aromatic carbocycles. The fourth-order valence-electron chi connectivity index (χ4n) is 5.57. The summed E-state index contributed by atoms with van der Waals surface area (Å²) >= 11 is 0. The van der Waals surface area contributed by atoms with Gasteiger partial charge in [0.2, 0.25) is 17.7 Å². The maximum atomic E-state index is 13.6. The van der Waals surface area contributed by atoms with Crippen molar-refractivity contribution >= 4 is 36.5 Å². The molecule has 0 saturated carbocycles. The van der Waals surface area contributed by atoms with Crippen LogP contribution in [0.1, 0.15) is 81.1 Å². The van der Waals surface area contributed by atoms with Crippen LogP contribution in [0.2, 0.25) is 6.82 Å². The molecule has 2 aromatic rings. The number of rotatable bonds is 15. The quantitative estimate of drug-likeness (QED) is 0.0974. The molecule has 0 aromatic heterocycles. The molecule has 14 nitrogen and oxygen atoms in total. The fraction of sp³-hybridized carbons (Fsp3) is 0.541. The monoisotopic (exact) mass is 721 g/mol. The molecule has 0 aliphatic carbocycles. The molecule has 1 fully saturated rings. The van der Waals surface area contributed by atoms with Crippen LogP contribution in [0.5, 0.6) is 0 Å². The van der Waals surface area contributed by atoms with Crippen molar-refractivity contribution in [2.24, 2.45) is 11.5 Å². The van der Waals surface area contributed by atoms with E-state index in [1.165, 1.54) is 12.4 Å². The molecule has 10 N–H and O–H groups in total. The third kappa shape index (κ3) is 13.7. The van der Waals surface area contributed by atoms with E-state index in [-0.39, 0.29) is 26.1 Å². The second kappa shape index (κ2) is 21.9. The minimum Gasteiger partial charge on any atom is -0.449 e. The van der Waals surface area contributed by atoms with Crippen molar-refractivity contribution in [3.05, 3.63) is 59.7 Å². The first-order valence-corrected chi connectivity index (χ1v) is 18.4. The molecule has 1 aliphatic heterocycles. The average molecular weight is 722 g/mol. The number of benzene rings is 2. The molecule has 0 unspecified atom stereocenters. The summed E-state index contributed by atoms with van der Waals surface area (Å²) in [5, 5.41) is 22.9. The average Bonchev–Trinajstić information content (AvgIpc) is 3.14. The van der Waals surface area contributed by atoms with Gasteiger partial charge in [0.15, 0.2) is 6.17 Å². The zero-order valence-corrected chi connectivity index (χ0v) is 30.6. The number of hydrogen-bond donors (Lipinski definition) is 8. The van der Waals surface area contributed by atoms with Crippen molar-refractivity contribution in [3.8, 4) is 11.1 Å². The van der Waals surface area contributed by atoms with Crippen LogP contribution in [0.3, 0.4) is 0 Å². The summed E-state index contributed by atoms with van der Waals surface area (Å²) in [4.78, 5) is 66.0. The summed E-state index contributed by atoms with van der Waals surface area (Å²) in [6, 6.07) is 12.3. The highest BCUT2D eigenvalue weighted by Crippen LogP contribution is 2.21. The summed E-state index contributed by atoms with van der Waals surface area (Å²) < 4.78 is 5.73. The third-order valence-electron chi connectivity index (χ3n) is 9.08. The predicted molar refractivity (Wildman–Crippen MR) is 201 cm³/mol. The Balaban J connectivity index is 1.68. The molecule has 1 aliphatic rings. The van der Waals surface area contributed by atoms with Crippen molar-refractivity contribution < 1.29 is 33.7 Å². The highest BCUT2D eigenvalue weighted by atomic mass is 16.5. The van der Waals surface area contributed by atoms with E-state index < -0.39 is 66.7 Å². The molecule has 52 heavy (non-hydrogen) atoms. The van der Waals surface area contributed by atoms with Gasteiger partial charge in [-0.2, -0.15) is 0 Å². The van der Waals surface area contributed by atoms with Gasteiger partial charge in [0, 0.05) is 18.1 Å². The van der Waals surface area contributed by atoms with Gasteiger partial charge in [0.25, 0.3) is 11.8 Å². The Bertz CT molecular complexity index is 1460. The van der Waals surface area contributed by atoms with Crippen LogP contribution in [-0.2, 0) is 30.3 Å². The zero-order chi connectivity index (χ0) is 38.0. The highest BCUT2D eigenvalue weighted by molar-refractivity contribution is 6.50. The SMILES string of the molecule is CCCCc1ccc(-c2ccc(C(=O)N[C@@H](CCCCN)C(=O)N[C@H]3COCCCC[C@@H](C(=O)N[C@@H](C)B(C)O)NC(=O)[C@H](N)NC3=O)cc2)cc1. The molecule has 1 saturated heterocycles. The Labute approximate surface area is 307 Å². The predicted octanol–water partition coefficient (Wildman–Crippen LogP) is 1.15. The minimum absolute atomic E-state index is 0.216. The second-order valence-corrected chi connectivity index (χ2v) is 13.4. The molecule has 1 heterocycles. The van der Waals surface area contributed by atoms with E-state index in [1.54, 1.807) is 19.1 Å². The maximum absolute atomic E-state index is 13.6. The van der Waals surface area contributed by atoms with E-state index in [4.69, 9.17) is 16.2 Å². The first kappa shape index (κ1) is 42.1. The van der Waals surface area contributed by atoms with Crippen molar-refractivity contribution in [2.45, 2.75) is 109 Å². The molecule has 284 valence electrons. The number of nitrogens with two attached hydrogens (primary N) is 2. The lowest BCUT2D eigenvalue weighted by molar-refractivity contribution is -0.134. The summed E-state index contributed by atoms with van der Waals surface area (Å²) in [5.41, 5.74) is 15.3. The fourth-order valence-corrected chi connectivity index (χ4v) is 5.57. The summed E-state index contributed by atoms with van der Waals surface area (Å²) in [5.74, 6) is -3.69. The summed E-state index contributed by atoms with van der Waals surface area (Å²) in [6.45, 7) is 4.94. The van der Waals surface area contributed by atoms with Gasteiger partial charge in [0.05, 0.1) is 6.61 Å². The molecule has 0 bridgehead atoms. The zero-order valence-electron chi connectivity index (χ0n) is 30.6. The van der Waals surface area contributed by atoms with Crippen molar-refractivity contribution in [1.82, 2.24) is 26.6 Å². The number of nitrogens with one attached hydrogen (secondary N) is 5. The number of amides is 5. The van der Waals surface area contributed by atoms with Gasteiger partial charge in [0.1, 0.15) is 18.1 Å². The smallest absolute Gasteiger partial charge is 0.308 e. The van der Waals surface area contributed by atoms with Crippen LogP contribution in [0.25, 0.3) is 11.1 Å². The van der Waals surface area contributed by atoms with Gasteiger partial charge in [-0.15, -0.1) is 0 Å². The van der Waals surface area contributed by atoms with Crippen LogP contribution < -0.4 is 38.1 Å². The molecule has 5 atom stereocenters. The topological polar surface area (TPSA) is 227 Å². The third-order valence-corrected chi connectivity index (χ3v) is 9.08. The molecule has 3 rings (SSSR count). The Morgan fingerprint density at radius 3 is 2.27 bits per heavy atom. The van der Waals surface area contributed by atoms with Gasteiger partial charge in [-0.3, -0.25) is 24.0 Å². The second-order valence-electron chi connectivity index (χ2n) is 13.4.